The summed E-state index contributed by atoms with van der Waals surface area (Å²) in [6, 6.07) is 8.21. The smallest absolute Gasteiger partial charge is 0.0720 e. The molecule has 0 bridgehead atoms. The Kier molecular flexibility index (Phi) is 2.14. The number of nitrogens with zero attached hydrogens (tertiary/aromatic N) is 1. The molecular formula is C13H12ClN. The SMILES string of the molecule is Clc1ccc2cc3c(nc2c1)CCCC3. The summed E-state index contributed by atoms with van der Waals surface area (Å²) in [7, 11) is 0. The molecule has 76 valence electrons. The highest BCUT2D eigenvalue weighted by atomic mass is 35.5. The maximum Gasteiger partial charge on any atom is 0.0720 e. The Hall–Kier alpha value is -1.08. The van der Waals surface area contributed by atoms with Gasteiger partial charge in [0.2, 0.25) is 0 Å². The minimum atomic E-state index is 0.769. The van der Waals surface area contributed by atoms with E-state index in [-0.39, 0.29) is 0 Å². The minimum absolute atomic E-state index is 0.769. The van der Waals surface area contributed by atoms with Gasteiger partial charge >= 0.3 is 0 Å². The van der Waals surface area contributed by atoms with Crippen molar-refractivity contribution in [2.45, 2.75) is 25.7 Å². The molecular weight excluding hydrogens is 206 g/mol. The molecule has 1 aromatic heterocycles. The lowest BCUT2D eigenvalue weighted by atomic mass is 9.95. The first-order valence-corrected chi connectivity index (χ1v) is 5.79. The molecule has 1 aromatic carbocycles. The molecule has 3 rings (SSSR count). The zero-order valence-electron chi connectivity index (χ0n) is 8.46. The molecule has 1 heterocycles. The highest BCUT2D eigenvalue weighted by molar-refractivity contribution is 6.31. The second kappa shape index (κ2) is 3.49. The van der Waals surface area contributed by atoms with E-state index in [9.17, 15) is 0 Å². The van der Waals surface area contributed by atoms with Crippen LogP contribution in [-0.2, 0) is 12.8 Å². The molecule has 0 unspecified atom stereocenters. The number of rotatable bonds is 0. The van der Waals surface area contributed by atoms with Crippen LogP contribution in [-0.4, -0.2) is 4.98 Å². The fraction of sp³-hybridized carbons (Fsp3) is 0.308. The summed E-state index contributed by atoms with van der Waals surface area (Å²) in [5.74, 6) is 0. The molecule has 0 saturated heterocycles. The summed E-state index contributed by atoms with van der Waals surface area (Å²) >= 11 is 5.96. The molecule has 2 heteroatoms. The van der Waals surface area contributed by atoms with Gasteiger partial charge in [0, 0.05) is 16.1 Å². The largest absolute Gasteiger partial charge is 0.253 e. The summed E-state index contributed by atoms with van der Waals surface area (Å²) in [5.41, 5.74) is 3.73. The van der Waals surface area contributed by atoms with E-state index in [0.717, 1.165) is 17.0 Å². The van der Waals surface area contributed by atoms with E-state index in [1.807, 2.05) is 12.1 Å². The number of hydrogen-bond acceptors (Lipinski definition) is 1. The minimum Gasteiger partial charge on any atom is -0.253 e. The van der Waals surface area contributed by atoms with Crippen molar-refractivity contribution < 1.29 is 0 Å². The van der Waals surface area contributed by atoms with Crippen molar-refractivity contribution in [3.8, 4) is 0 Å². The Morgan fingerprint density at radius 2 is 1.93 bits per heavy atom. The average molecular weight is 218 g/mol. The van der Waals surface area contributed by atoms with Gasteiger partial charge in [0.25, 0.3) is 0 Å². The van der Waals surface area contributed by atoms with E-state index in [1.165, 1.54) is 35.9 Å². The predicted octanol–water partition coefficient (Wildman–Crippen LogP) is 3.77. The van der Waals surface area contributed by atoms with Crippen molar-refractivity contribution in [3.63, 3.8) is 0 Å². The number of pyridine rings is 1. The van der Waals surface area contributed by atoms with E-state index in [4.69, 9.17) is 16.6 Å². The summed E-state index contributed by atoms with van der Waals surface area (Å²) < 4.78 is 0. The third kappa shape index (κ3) is 1.61. The summed E-state index contributed by atoms with van der Waals surface area (Å²) in [6.07, 6.45) is 4.87. The number of hydrogen-bond donors (Lipinski definition) is 0. The van der Waals surface area contributed by atoms with Crippen molar-refractivity contribution in [2.75, 3.05) is 0 Å². The molecule has 0 spiro atoms. The van der Waals surface area contributed by atoms with Crippen LogP contribution in [0.15, 0.2) is 24.3 Å². The quantitative estimate of drug-likeness (QED) is 0.655. The first kappa shape index (κ1) is 9.17. The van der Waals surface area contributed by atoms with Gasteiger partial charge in [0.1, 0.15) is 0 Å². The molecule has 0 N–H and O–H groups in total. The Morgan fingerprint density at radius 3 is 2.87 bits per heavy atom. The van der Waals surface area contributed by atoms with Gasteiger partial charge < -0.3 is 0 Å². The molecule has 2 aromatic rings. The van der Waals surface area contributed by atoms with Gasteiger partial charge in [0.05, 0.1) is 5.52 Å². The van der Waals surface area contributed by atoms with Crippen molar-refractivity contribution in [1.82, 2.24) is 4.98 Å². The summed E-state index contributed by atoms with van der Waals surface area (Å²) in [5, 5.41) is 1.98. The second-order valence-corrected chi connectivity index (χ2v) is 4.57. The van der Waals surface area contributed by atoms with Crippen LogP contribution in [0.4, 0.5) is 0 Å². The maximum atomic E-state index is 5.96. The molecule has 1 aliphatic rings. The Balaban J connectivity index is 2.26. The van der Waals surface area contributed by atoms with Gasteiger partial charge in [-0.25, -0.2) is 0 Å². The number of aromatic nitrogens is 1. The molecule has 0 radical (unpaired) electrons. The monoisotopic (exact) mass is 217 g/mol. The molecule has 15 heavy (non-hydrogen) atoms. The zero-order valence-corrected chi connectivity index (χ0v) is 9.22. The number of aryl methyl sites for hydroxylation is 2. The number of halogens is 1. The fourth-order valence-corrected chi connectivity index (χ4v) is 2.43. The van der Waals surface area contributed by atoms with Crippen LogP contribution < -0.4 is 0 Å². The van der Waals surface area contributed by atoms with E-state index in [1.54, 1.807) is 0 Å². The molecule has 0 fully saturated rings. The maximum absolute atomic E-state index is 5.96. The van der Waals surface area contributed by atoms with Crippen LogP contribution in [0.1, 0.15) is 24.1 Å². The van der Waals surface area contributed by atoms with E-state index >= 15 is 0 Å². The molecule has 1 aliphatic carbocycles. The fourth-order valence-electron chi connectivity index (χ4n) is 2.26. The van der Waals surface area contributed by atoms with Crippen molar-refractivity contribution in [3.05, 3.63) is 40.5 Å². The first-order valence-electron chi connectivity index (χ1n) is 5.41. The van der Waals surface area contributed by atoms with Crippen LogP contribution in [0.2, 0.25) is 5.02 Å². The normalized spacial score (nSPS) is 15.3. The van der Waals surface area contributed by atoms with Gasteiger partial charge in [-0.3, -0.25) is 4.98 Å². The van der Waals surface area contributed by atoms with Crippen molar-refractivity contribution >= 4 is 22.5 Å². The third-order valence-corrected chi connectivity index (χ3v) is 3.29. The summed E-state index contributed by atoms with van der Waals surface area (Å²) in [4.78, 5) is 4.69. The average Bonchev–Trinajstić information content (AvgIpc) is 2.26. The van der Waals surface area contributed by atoms with E-state index < -0.39 is 0 Å². The first-order chi connectivity index (χ1) is 7.33. The van der Waals surface area contributed by atoms with Gasteiger partial charge in [-0.05, 0) is 49.4 Å². The van der Waals surface area contributed by atoms with Gasteiger partial charge in [-0.15, -0.1) is 0 Å². The summed E-state index contributed by atoms with van der Waals surface area (Å²) in [6.45, 7) is 0. The van der Waals surface area contributed by atoms with Crippen molar-refractivity contribution in [1.29, 1.82) is 0 Å². The number of fused-ring (bicyclic) bond motifs is 2. The highest BCUT2D eigenvalue weighted by Crippen LogP contribution is 2.25. The Morgan fingerprint density at radius 1 is 1.07 bits per heavy atom. The molecule has 0 aliphatic heterocycles. The molecule has 0 atom stereocenters. The van der Waals surface area contributed by atoms with Crippen LogP contribution in [0, 0.1) is 0 Å². The lowest BCUT2D eigenvalue weighted by Gasteiger charge is -2.15. The van der Waals surface area contributed by atoms with Gasteiger partial charge in [-0.1, -0.05) is 17.7 Å². The highest BCUT2D eigenvalue weighted by Gasteiger charge is 2.11. The van der Waals surface area contributed by atoms with Gasteiger partial charge in [-0.2, -0.15) is 0 Å². The lowest BCUT2D eigenvalue weighted by Crippen LogP contribution is -2.05. The molecule has 0 saturated carbocycles. The molecule has 0 amide bonds. The lowest BCUT2D eigenvalue weighted by molar-refractivity contribution is 0.671. The Labute approximate surface area is 94.1 Å². The Bertz CT molecular complexity index is 519. The van der Waals surface area contributed by atoms with E-state index in [0.29, 0.717) is 0 Å². The van der Waals surface area contributed by atoms with Crippen molar-refractivity contribution in [2.24, 2.45) is 0 Å². The third-order valence-electron chi connectivity index (χ3n) is 3.06. The molecule has 1 nitrogen and oxygen atoms in total. The van der Waals surface area contributed by atoms with Gasteiger partial charge in [0.15, 0.2) is 0 Å². The predicted molar refractivity (Wildman–Crippen MR) is 63.4 cm³/mol. The van der Waals surface area contributed by atoms with Crippen LogP contribution in [0.3, 0.4) is 0 Å². The van der Waals surface area contributed by atoms with Crippen LogP contribution in [0.25, 0.3) is 10.9 Å². The zero-order chi connectivity index (χ0) is 10.3. The van der Waals surface area contributed by atoms with E-state index in [2.05, 4.69) is 12.1 Å². The number of benzene rings is 1. The van der Waals surface area contributed by atoms with Crippen LogP contribution >= 0.6 is 11.6 Å². The van der Waals surface area contributed by atoms with Crippen LogP contribution in [0.5, 0.6) is 0 Å². The standard InChI is InChI=1S/C13H12ClN/c14-11-6-5-10-7-9-3-1-2-4-12(9)15-13(10)8-11/h5-8H,1-4H2. The topological polar surface area (TPSA) is 12.9 Å². The second-order valence-electron chi connectivity index (χ2n) is 4.14.